The van der Waals surface area contributed by atoms with Gasteiger partial charge in [0, 0.05) is 13.0 Å². The number of hydrogen-bond acceptors (Lipinski definition) is 4. The average Bonchev–Trinajstić information content (AvgIpc) is 2.71. The van der Waals surface area contributed by atoms with Crippen molar-refractivity contribution >= 4 is 17.8 Å². The van der Waals surface area contributed by atoms with Crippen LogP contribution in [0, 0.1) is 35.5 Å². The number of amides is 2. The van der Waals surface area contributed by atoms with Crippen molar-refractivity contribution in [3.63, 3.8) is 0 Å². The van der Waals surface area contributed by atoms with E-state index in [0.717, 1.165) is 0 Å². The first-order valence-electron chi connectivity index (χ1n) is 9.21. The summed E-state index contributed by atoms with van der Waals surface area (Å²) >= 11 is 0. The minimum atomic E-state index is -0.511. The lowest BCUT2D eigenvalue weighted by molar-refractivity contribution is -0.155. The Hall–Kier alpha value is -1.91. The van der Waals surface area contributed by atoms with Crippen LogP contribution in [0.15, 0.2) is 24.3 Å². The van der Waals surface area contributed by atoms with Crippen molar-refractivity contribution in [2.24, 2.45) is 35.5 Å². The van der Waals surface area contributed by atoms with E-state index in [1.165, 1.54) is 4.90 Å². The smallest absolute Gasteiger partial charge is 0.306 e. The van der Waals surface area contributed by atoms with Crippen LogP contribution in [0.25, 0.3) is 0 Å². The second kappa shape index (κ2) is 5.55. The largest absolute Gasteiger partial charge is 0.460 e. The van der Waals surface area contributed by atoms with Gasteiger partial charge in [-0.15, -0.1) is 0 Å². The van der Waals surface area contributed by atoms with Crippen LogP contribution in [0.1, 0.15) is 33.6 Å². The van der Waals surface area contributed by atoms with Crippen LogP contribution in [0.5, 0.6) is 0 Å². The van der Waals surface area contributed by atoms with Gasteiger partial charge in [-0.2, -0.15) is 0 Å². The van der Waals surface area contributed by atoms with Crippen LogP contribution in [-0.4, -0.2) is 34.8 Å². The summed E-state index contributed by atoms with van der Waals surface area (Å²) in [7, 11) is 0. The van der Waals surface area contributed by atoms with Gasteiger partial charge in [0.1, 0.15) is 5.60 Å². The van der Waals surface area contributed by atoms with E-state index in [-0.39, 0.29) is 47.9 Å². The van der Waals surface area contributed by atoms with Gasteiger partial charge in [-0.25, -0.2) is 0 Å². The SMILES string of the molecule is CC(C)(C)OC(=O)CCCN1C(=O)C2C3C=CC(C4C=CC43)C2C1=O. The molecule has 5 nitrogen and oxygen atoms in total. The molecule has 0 radical (unpaired) electrons. The number of ether oxygens (including phenoxy) is 1. The van der Waals surface area contributed by atoms with Gasteiger partial charge in [0.05, 0.1) is 11.8 Å². The number of likely N-dealkylation sites (tertiary alicyclic amines) is 1. The van der Waals surface area contributed by atoms with Crippen LogP contribution < -0.4 is 0 Å². The van der Waals surface area contributed by atoms with Crippen LogP contribution in [-0.2, 0) is 19.1 Å². The maximum atomic E-state index is 12.9. The van der Waals surface area contributed by atoms with Crippen LogP contribution in [0.2, 0.25) is 0 Å². The van der Waals surface area contributed by atoms with Crippen molar-refractivity contribution in [1.29, 1.82) is 0 Å². The molecule has 6 unspecified atom stereocenters. The highest BCUT2D eigenvalue weighted by Gasteiger charge is 2.62. The van der Waals surface area contributed by atoms with Gasteiger partial charge < -0.3 is 4.74 Å². The lowest BCUT2D eigenvalue weighted by Crippen LogP contribution is -2.50. The summed E-state index contributed by atoms with van der Waals surface area (Å²) in [4.78, 5) is 38.9. The number of nitrogens with zero attached hydrogens (tertiary/aromatic N) is 1. The van der Waals surface area contributed by atoms with Gasteiger partial charge in [0.25, 0.3) is 0 Å². The molecule has 0 N–H and O–H groups in total. The Bertz CT molecular complexity index is 646. The molecule has 5 rings (SSSR count). The van der Waals surface area contributed by atoms with Crippen molar-refractivity contribution in [3.05, 3.63) is 24.3 Å². The van der Waals surface area contributed by atoms with Gasteiger partial charge in [0.2, 0.25) is 11.8 Å². The first-order chi connectivity index (χ1) is 11.8. The van der Waals surface area contributed by atoms with E-state index >= 15 is 0 Å². The van der Waals surface area contributed by atoms with Crippen molar-refractivity contribution in [3.8, 4) is 0 Å². The second-order valence-electron chi connectivity index (χ2n) is 8.65. The predicted octanol–water partition coefficient (Wildman–Crippen LogP) is 2.33. The molecular weight excluding hydrogens is 318 g/mol. The Labute approximate surface area is 148 Å². The summed E-state index contributed by atoms with van der Waals surface area (Å²) in [6.45, 7) is 5.79. The van der Waals surface area contributed by atoms with Gasteiger partial charge in [-0.05, 0) is 50.9 Å². The number of hydrogen-bond donors (Lipinski definition) is 0. The molecule has 0 aromatic carbocycles. The van der Waals surface area contributed by atoms with E-state index < -0.39 is 5.60 Å². The number of allylic oxidation sites excluding steroid dienone is 4. The van der Waals surface area contributed by atoms with Gasteiger partial charge in [0.15, 0.2) is 0 Å². The molecule has 134 valence electrons. The summed E-state index contributed by atoms with van der Waals surface area (Å²) in [5, 5.41) is 0. The van der Waals surface area contributed by atoms with Crippen molar-refractivity contribution in [2.75, 3.05) is 6.54 Å². The monoisotopic (exact) mass is 343 g/mol. The summed E-state index contributed by atoms with van der Waals surface area (Å²) in [5.41, 5.74) is -0.511. The molecule has 2 bridgehead atoms. The minimum absolute atomic E-state index is 0.0442. The fourth-order valence-electron chi connectivity index (χ4n) is 4.95. The minimum Gasteiger partial charge on any atom is -0.460 e. The quantitative estimate of drug-likeness (QED) is 0.446. The molecular formula is C20H25NO4. The summed E-state index contributed by atoms with van der Waals surface area (Å²) in [5.74, 6) is 0.409. The second-order valence-corrected chi connectivity index (χ2v) is 8.65. The van der Waals surface area contributed by atoms with E-state index in [9.17, 15) is 14.4 Å². The molecule has 1 heterocycles. The van der Waals surface area contributed by atoms with Crippen molar-refractivity contribution in [1.82, 2.24) is 4.90 Å². The Balaban J connectivity index is 1.40. The van der Waals surface area contributed by atoms with Crippen LogP contribution >= 0.6 is 0 Å². The average molecular weight is 343 g/mol. The molecule has 2 fully saturated rings. The van der Waals surface area contributed by atoms with Crippen molar-refractivity contribution < 1.29 is 19.1 Å². The molecule has 2 amide bonds. The fourth-order valence-corrected chi connectivity index (χ4v) is 4.95. The summed E-state index contributed by atoms with van der Waals surface area (Å²) < 4.78 is 5.29. The first-order valence-corrected chi connectivity index (χ1v) is 9.21. The molecule has 25 heavy (non-hydrogen) atoms. The third-order valence-corrected chi connectivity index (χ3v) is 5.95. The Morgan fingerprint density at radius 2 is 1.44 bits per heavy atom. The predicted molar refractivity (Wildman–Crippen MR) is 91.0 cm³/mol. The topological polar surface area (TPSA) is 63.7 Å². The van der Waals surface area contributed by atoms with E-state index in [1.807, 2.05) is 20.8 Å². The first kappa shape index (κ1) is 16.6. The summed E-state index contributed by atoms with van der Waals surface area (Å²) in [6, 6.07) is 0. The van der Waals surface area contributed by atoms with E-state index in [0.29, 0.717) is 24.8 Å². The molecule has 4 aliphatic carbocycles. The highest BCUT2D eigenvalue weighted by Crippen LogP contribution is 2.58. The number of carbonyl (C=O) groups is 3. The van der Waals surface area contributed by atoms with Crippen LogP contribution in [0.4, 0.5) is 0 Å². The fraction of sp³-hybridized carbons (Fsp3) is 0.650. The molecule has 1 saturated carbocycles. The Kier molecular flexibility index (Phi) is 3.67. The maximum absolute atomic E-state index is 12.9. The standard InChI is InChI=1S/C20H25NO4/c1-20(2,3)25-15(22)5-4-10-21-18(23)16-13-8-9-14(17(16)19(21)24)12-7-6-11(12)13/h6-9,11-14,16-17H,4-5,10H2,1-3H3. The Morgan fingerprint density at radius 3 is 1.88 bits per heavy atom. The normalized spacial score (nSPS) is 37.8. The van der Waals surface area contributed by atoms with E-state index in [1.54, 1.807) is 0 Å². The molecule has 0 aromatic rings. The molecule has 1 saturated heterocycles. The number of rotatable bonds is 4. The summed E-state index contributed by atoms with van der Waals surface area (Å²) in [6.07, 6.45) is 9.34. The van der Waals surface area contributed by atoms with E-state index in [4.69, 9.17) is 4.74 Å². The zero-order valence-corrected chi connectivity index (χ0v) is 15.0. The highest BCUT2D eigenvalue weighted by molar-refractivity contribution is 6.06. The number of esters is 1. The zero-order chi connectivity index (χ0) is 17.9. The van der Waals surface area contributed by atoms with Crippen molar-refractivity contribution in [2.45, 2.75) is 39.2 Å². The Morgan fingerprint density at radius 1 is 0.960 bits per heavy atom. The maximum Gasteiger partial charge on any atom is 0.306 e. The van der Waals surface area contributed by atoms with Gasteiger partial charge in [-0.3, -0.25) is 19.3 Å². The third kappa shape index (κ3) is 2.55. The molecule has 6 atom stereocenters. The lowest BCUT2D eigenvalue weighted by atomic mass is 9.50. The molecule has 5 heteroatoms. The van der Waals surface area contributed by atoms with E-state index in [2.05, 4.69) is 24.3 Å². The molecule has 5 aliphatic rings. The highest BCUT2D eigenvalue weighted by atomic mass is 16.6. The molecule has 0 spiro atoms. The van der Waals surface area contributed by atoms with Gasteiger partial charge >= 0.3 is 5.97 Å². The molecule has 0 aromatic heterocycles. The molecule has 1 aliphatic heterocycles. The van der Waals surface area contributed by atoms with Gasteiger partial charge in [-0.1, -0.05) is 24.3 Å². The zero-order valence-electron chi connectivity index (χ0n) is 15.0. The lowest BCUT2D eigenvalue weighted by Gasteiger charge is -2.51. The number of imide groups is 1. The number of carbonyl (C=O) groups excluding carboxylic acids is 3. The van der Waals surface area contributed by atoms with Crippen LogP contribution in [0.3, 0.4) is 0 Å². The third-order valence-electron chi connectivity index (χ3n) is 5.95.